The van der Waals surface area contributed by atoms with Crippen LogP contribution < -0.4 is 0 Å². The molecule has 0 fully saturated rings. The van der Waals surface area contributed by atoms with Crippen LogP contribution in [0.1, 0.15) is 26.7 Å². The first-order valence-electron chi connectivity index (χ1n) is 3.95. The van der Waals surface area contributed by atoms with Gasteiger partial charge in [0, 0.05) is 20.3 Å². The molecule has 1 unspecified atom stereocenters. The van der Waals surface area contributed by atoms with Crippen LogP contribution in [0, 0.1) is 0 Å². The standard InChI is InChI=1S/C7H18O3Si/c1-5-6-7(2)10-11(8-3)9-4/h7,11H,5-6H2,1-4H3. The highest BCUT2D eigenvalue weighted by molar-refractivity contribution is 6.36. The second-order valence-corrected chi connectivity index (χ2v) is 4.29. The average Bonchev–Trinajstić information content (AvgIpc) is 2.01. The Hall–Kier alpha value is 0.0969. The van der Waals surface area contributed by atoms with Gasteiger partial charge in [-0.15, -0.1) is 0 Å². The molecule has 4 heteroatoms. The van der Waals surface area contributed by atoms with Gasteiger partial charge < -0.3 is 13.3 Å². The fourth-order valence-electron chi connectivity index (χ4n) is 0.872. The Kier molecular flexibility index (Phi) is 6.85. The van der Waals surface area contributed by atoms with Crippen LogP contribution >= 0.6 is 0 Å². The summed E-state index contributed by atoms with van der Waals surface area (Å²) in [6.07, 6.45) is 2.46. The van der Waals surface area contributed by atoms with E-state index in [0.29, 0.717) is 0 Å². The van der Waals surface area contributed by atoms with Crippen LogP contribution in [-0.2, 0) is 13.3 Å². The second kappa shape index (κ2) is 6.79. The zero-order chi connectivity index (χ0) is 8.69. The quantitative estimate of drug-likeness (QED) is 0.572. The van der Waals surface area contributed by atoms with Crippen LogP contribution in [0.3, 0.4) is 0 Å². The van der Waals surface area contributed by atoms with Crippen molar-refractivity contribution in [3.63, 3.8) is 0 Å². The summed E-state index contributed by atoms with van der Waals surface area (Å²) in [4.78, 5) is 0. The van der Waals surface area contributed by atoms with Crippen LogP contribution in [0.15, 0.2) is 0 Å². The Labute approximate surface area is 70.6 Å². The lowest BCUT2D eigenvalue weighted by Gasteiger charge is -2.16. The lowest BCUT2D eigenvalue weighted by Crippen LogP contribution is -2.28. The van der Waals surface area contributed by atoms with E-state index in [1.54, 1.807) is 14.2 Å². The molecule has 0 heterocycles. The zero-order valence-electron chi connectivity index (χ0n) is 7.79. The molecule has 0 bridgehead atoms. The fourth-order valence-corrected chi connectivity index (χ4v) is 1.80. The van der Waals surface area contributed by atoms with Gasteiger partial charge in [-0.25, -0.2) is 0 Å². The summed E-state index contributed by atoms with van der Waals surface area (Å²) in [7, 11) is 1.47. The molecule has 0 radical (unpaired) electrons. The van der Waals surface area contributed by atoms with Gasteiger partial charge in [-0.1, -0.05) is 13.3 Å². The van der Waals surface area contributed by atoms with Crippen molar-refractivity contribution >= 4 is 9.53 Å². The summed E-state index contributed by atoms with van der Waals surface area (Å²) in [5.74, 6) is 0. The van der Waals surface area contributed by atoms with Gasteiger partial charge in [0.15, 0.2) is 0 Å². The molecular weight excluding hydrogens is 160 g/mol. The van der Waals surface area contributed by atoms with Crippen LogP contribution in [0.5, 0.6) is 0 Å². The van der Waals surface area contributed by atoms with Gasteiger partial charge in [-0.2, -0.15) is 0 Å². The van der Waals surface area contributed by atoms with E-state index in [9.17, 15) is 0 Å². The molecule has 0 aromatic rings. The smallest absolute Gasteiger partial charge is 0.379 e. The van der Waals surface area contributed by atoms with Crippen molar-refractivity contribution in [2.75, 3.05) is 14.2 Å². The third-order valence-electron chi connectivity index (χ3n) is 1.42. The highest BCUT2D eigenvalue weighted by Crippen LogP contribution is 2.03. The Morgan fingerprint density at radius 1 is 1.27 bits per heavy atom. The molecular formula is C7H18O3Si. The monoisotopic (exact) mass is 178 g/mol. The van der Waals surface area contributed by atoms with Crippen LogP contribution in [-0.4, -0.2) is 29.9 Å². The van der Waals surface area contributed by atoms with Crippen LogP contribution in [0.25, 0.3) is 0 Å². The van der Waals surface area contributed by atoms with Gasteiger partial charge in [0.1, 0.15) is 0 Å². The molecule has 0 aromatic heterocycles. The number of hydrogen-bond acceptors (Lipinski definition) is 3. The maximum atomic E-state index is 5.48. The average molecular weight is 178 g/mol. The van der Waals surface area contributed by atoms with Crippen molar-refractivity contribution in [1.29, 1.82) is 0 Å². The van der Waals surface area contributed by atoms with Gasteiger partial charge in [0.2, 0.25) is 0 Å². The normalized spacial score (nSPS) is 13.9. The molecule has 0 N–H and O–H groups in total. The van der Waals surface area contributed by atoms with Gasteiger partial charge in [-0.3, -0.25) is 0 Å². The SMILES string of the molecule is CCCC(C)O[SiH](OC)OC. The van der Waals surface area contributed by atoms with Crippen LogP contribution in [0.4, 0.5) is 0 Å². The van der Waals surface area contributed by atoms with Gasteiger partial charge >= 0.3 is 9.53 Å². The van der Waals surface area contributed by atoms with Crippen molar-refractivity contribution in [2.24, 2.45) is 0 Å². The van der Waals surface area contributed by atoms with Crippen molar-refractivity contribution in [3.8, 4) is 0 Å². The van der Waals surface area contributed by atoms with Crippen LogP contribution in [0.2, 0.25) is 0 Å². The Morgan fingerprint density at radius 2 is 1.82 bits per heavy atom. The molecule has 0 aromatic carbocycles. The topological polar surface area (TPSA) is 27.7 Å². The minimum Gasteiger partial charge on any atom is -0.379 e. The van der Waals surface area contributed by atoms with E-state index in [0.717, 1.165) is 12.8 Å². The molecule has 0 aliphatic heterocycles. The molecule has 0 spiro atoms. The van der Waals surface area contributed by atoms with E-state index >= 15 is 0 Å². The lowest BCUT2D eigenvalue weighted by atomic mass is 10.2. The number of hydrogen-bond donors (Lipinski definition) is 0. The van der Waals surface area contributed by atoms with Crippen molar-refractivity contribution in [1.82, 2.24) is 0 Å². The first-order valence-corrected chi connectivity index (χ1v) is 5.37. The summed E-state index contributed by atoms with van der Waals surface area (Å²) >= 11 is 0. The molecule has 0 amide bonds. The summed E-state index contributed by atoms with van der Waals surface area (Å²) < 4.78 is 15.5. The molecule has 0 saturated heterocycles. The lowest BCUT2D eigenvalue weighted by molar-refractivity contribution is 0.0903. The summed E-state index contributed by atoms with van der Waals surface area (Å²) in [6, 6.07) is 0. The second-order valence-electron chi connectivity index (χ2n) is 2.50. The van der Waals surface area contributed by atoms with E-state index in [-0.39, 0.29) is 6.10 Å². The van der Waals surface area contributed by atoms with Gasteiger partial charge in [-0.05, 0) is 13.3 Å². The van der Waals surface area contributed by atoms with Crippen molar-refractivity contribution in [2.45, 2.75) is 32.8 Å². The van der Waals surface area contributed by atoms with E-state index in [1.165, 1.54) is 0 Å². The summed E-state index contributed by atoms with van der Waals surface area (Å²) in [6.45, 7) is 4.18. The Balaban J connectivity index is 3.44. The highest BCUT2D eigenvalue weighted by Gasteiger charge is 2.14. The highest BCUT2D eigenvalue weighted by atomic mass is 28.3. The van der Waals surface area contributed by atoms with E-state index in [4.69, 9.17) is 13.3 Å². The Bertz CT molecular complexity index is 85.8. The molecule has 0 saturated carbocycles. The van der Waals surface area contributed by atoms with E-state index in [1.807, 2.05) is 6.92 Å². The summed E-state index contributed by atoms with van der Waals surface area (Å²) in [5.41, 5.74) is 0. The molecule has 0 rings (SSSR count). The first kappa shape index (κ1) is 11.1. The first-order chi connectivity index (χ1) is 5.24. The van der Waals surface area contributed by atoms with Gasteiger partial charge in [0.25, 0.3) is 0 Å². The third-order valence-corrected chi connectivity index (χ3v) is 2.88. The molecule has 3 nitrogen and oxygen atoms in total. The van der Waals surface area contributed by atoms with E-state index < -0.39 is 9.53 Å². The van der Waals surface area contributed by atoms with Gasteiger partial charge in [0.05, 0.1) is 0 Å². The third kappa shape index (κ3) is 5.38. The minimum absolute atomic E-state index is 0.261. The minimum atomic E-state index is -1.78. The predicted molar refractivity (Wildman–Crippen MR) is 46.6 cm³/mol. The number of rotatable bonds is 6. The van der Waals surface area contributed by atoms with E-state index in [2.05, 4.69) is 6.92 Å². The summed E-state index contributed by atoms with van der Waals surface area (Å²) in [5, 5.41) is 0. The van der Waals surface area contributed by atoms with Crippen molar-refractivity contribution in [3.05, 3.63) is 0 Å². The molecule has 1 atom stereocenters. The maximum absolute atomic E-state index is 5.48. The predicted octanol–water partition coefficient (Wildman–Crippen LogP) is 1.20. The Morgan fingerprint density at radius 3 is 2.18 bits per heavy atom. The fraction of sp³-hybridized carbons (Fsp3) is 1.00. The molecule has 0 aliphatic carbocycles. The van der Waals surface area contributed by atoms with Crippen molar-refractivity contribution < 1.29 is 13.3 Å². The molecule has 0 aliphatic rings. The molecule has 68 valence electrons. The largest absolute Gasteiger partial charge is 0.483 e. The maximum Gasteiger partial charge on any atom is 0.483 e. The molecule has 11 heavy (non-hydrogen) atoms. The zero-order valence-corrected chi connectivity index (χ0v) is 8.95.